The molecule has 0 fully saturated rings. The lowest BCUT2D eigenvalue weighted by Crippen LogP contribution is -2.30. The van der Waals surface area contributed by atoms with Gasteiger partial charge in [-0.2, -0.15) is 9.40 Å². The Morgan fingerprint density at radius 3 is 2.81 bits per heavy atom. The predicted molar refractivity (Wildman–Crippen MR) is 76.8 cm³/mol. The van der Waals surface area contributed by atoms with Crippen molar-refractivity contribution in [2.24, 2.45) is 0 Å². The smallest absolute Gasteiger partial charge is 0.246 e. The van der Waals surface area contributed by atoms with Gasteiger partial charge < -0.3 is 5.11 Å². The van der Waals surface area contributed by atoms with E-state index >= 15 is 0 Å². The van der Waals surface area contributed by atoms with Gasteiger partial charge in [-0.1, -0.05) is 13.0 Å². The predicted octanol–water partition coefficient (Wildman–Crippen LogP) is 0.481. The van der Waals surface area contributed by atoms with Gasteiger partial charge in [0.25, 0.3) is 0 Å². The first-order chi connectivity index (χ1) is 10.1. The first-order valence-corrected chi connectivity index (χ1v) is 8.05. The molecule has 0 saturated heterocycles. The van der Waals surface area contributed by atoms with Crippen molar-refractivity contribution in [2.45, 2.75) is 24.9 Å². The van der Waals surface area contributed by atoms with Crippen LogP contribution in [0.3, 0.4) is 0 Å². The largest absolute Gasteiger partial charge is 0.394 e. The molecule has 2 aromatic heterocycles. The van der Waals surface area contributed by atoms with Crippen LogP contribution >= 0.6 is 0 Å². The van der Waals surface area contributed by atoms with Crippen LogP contribution in [0.4, 0.5) is 0 Å². The van der Waals surface area contributed by atoms with Gasteiger partial charge in [-0.05, 0) is 12.1 Å². The zero-order chi connectivity index (χ0) is 15.3. The average Bonchev–Trinajstić information content (AvgIpc) is 2.95. The second kappa shape index (κ2) is 6.79. The van der Waals surface area contributed by atoms with Crippen LogP contribution in [0.1, 0.15) is 12.6 Å². The molecule has 2 heterocycles. The van der Waals surface area contributed by atoms with Crippen LogP contribution in [-0.2, 0) is 23.1 Å². The molecule has 0 atom stereocenters. The van der Waals surface area contributed by atoms with Crippen molar-refractivity contribution in [1.82, 2.24) is 19.1 Å². The first kappa shape index (κ1) is 15.6. The maximum atomic E-state index is 12.6. The van der Waals surface area contributed by atoms with E-state index in [-0.39, 0.29) is 24.6 Å². The Labute approximate surface area is 123 Å². The van der Waals surface area contributed by atoms with Crippen LogP contribution in [-0.4, -0.2) is 45.7 Å². The van der Waals surface area contributed by atoms with E-state index in [0.29, 0.717) is 12.2 Å². The summed E-state index contributed by atoms with van der Waals surface area (Å²) in [6, 6.07) is 5.39. The summed E-state index contributed by atoms with van der Waals surface area (Å²) in [6.07, 6.45) is 4.35. The minimum atomic E-state index is -3.62. The standard InChI is InChI=1S/C13H18N4O3S/c1-2-17(10-12-5-3-4-6-14-12)21(19,20)13-9-15-16(11-13)7-8-18/h3-6,9,11,18H,2,7-8,10H2,1H3. The summed E-state index contributed by atoms with van der Waals surface area (Å²) < 4.78 is 27.9. The second-order valence-electron chi connectivity index (χ2n) is 4.42. The minimum Gasteiger partial charge on any atom is -0.394 e. The van der Waals surface area contributed by atoms with Gasteiger partial charge >= 0.3 is 0 Å². The van der Waals surface area contributed by atoms with Crippen LogP contribution < -0.4 is 0 Å². The molecule has 0 unspecified atom stereocenters. The topological polar surface area (TPSA) is 88.3 Å². The van der Waals surface area contributed by atoms with E-state index in [1.165, 1.54) is 21.4 Å². The number of aliphatic hydroxyl groups is 1. The Balaban J connectivity index is 2.22. The summed E-state index contributed by atoms with van der Waals surface area (Å²) in [5.74, 6) is 0. The van der Waals surface area contributed by atoms with Gasteiger partial charge in [0.2, 0.25) is 10.0 Å². The van der Waals surface area contributed by atoms with E-state index in [1.807, 2.05) is 6.07 Å². The molecule has 114 valence electrons. The molecule has 0 amide bonds. The molecule has 21 heavy (non-hydrogen) atoms. The zero-order valence-corrected chi connectivity index (χ0v) is 12.6. The molecule has 0 aromatic carbocycles. The molecule has 0 aliphatic carbocycles. The van der Waals surface area contributed by atoms with Crippen LogP contribution in [0.15, 0.2) is 41.7 Å². The highest BCUT2D eigenvalue weighted by Gasteiger charge is 2.25. The van der Waals surface area contributed by atoms with Gasteiger partial charge in [0, 0.05) is 18.9 Å². The van der Waals surface area contributed by atoms with E-state index < -0.39 is 10.0 Å². The Kier molecular flexibility index (Phi) is 5.05. The molecule has 0 spiro atoms. The second-order valence-corrected chi connectivity index (χ2v) is 6.35. The molecule has 0 saturated carbocycles. The van der Waals surface area contributed by atoms with Crippen LogP contribution in [0, 0.1) is 0 Å². The van der Waals surface area contributed by atoms with Crippen molar-refractivity contribution in [3.63, 3.8) is 0 Å². The summed E-state index contributed by atoms with van der Waals surface area (Å²) in [7, 11) is -3.62. The number of hydrogen-bond acceptors (Lipinski definition) is 5. The summed E-state index contributed by atoms with van der Waals surface area (Å²) in [6.45, 7) is 2.50. The molecule has 0 bridgehead atoms. The zero-order valence-electron chi connectivity index (χ0n) is 11.8. The molecular formula is C13H18N4O3S. The van der Waals surface area contributed by atoms with Crippen molar-refractivity contribution in [3.8, 4) is 0 Å². The number of aliphatic hydroxyl groups excluding tert-OH is 1. The number of nitrogens with zero attached hydrogens (tertiary/aromatic N) is 4. The molecule has 2 aromatic rings. The number of sulfonamides is 1. The lowest BCUT2D eigenvalue weighted by Gasteiger charge is -2.18. The third-order valence-electron chi connectivity index (χ3n) is 2.99. The van der Waals surface area contributed by atoms with Gasteiger partial charge in [0.15, 0.2) is 0 Å². The lowest BCUT2D eigenvalue weighted by atomic mass is 10.3. The van der Waals surface area contributed by atoms with Crippen molar-refractivity contribution < 1.29 is 13.5 Å². The average molecular weight is 310 g/mol. The van der Waals surface area contributed by atoms with Gasteiger partial charge in [-0.25, -0.2) is 8.42 Å². The van der Waals surface area contributed by atoms with E-state index in [1.54, 1.807) is 25.3 Å². The fourth-order valence-electron chi connectivity index (χ4n) is 1.89. The van der Waals surface area contributed by atoms with E-state index in [0.717, 1.165) is 0 Å². The number of aromatic nitrogens is 3. The Morgan fingerprint density at radius 1 is 1.38 bits per heavy atom. The van der Waals surface area contributed by atoms with Gasteiger partial charge in [-0.15, -0.1) is 0 Å². The SMILES string of the molecule is CCN(Cc1ccccn1)S(=O)(=O)c1cnn(CCO)c1. The normalized spacial score (nSPS) is 12.0. The number of rotatable bonds is 7. The van der Waals surface area contributed by atoms with Crippen molar-refractivity contribution in [3.05, 3.63) is 42.5 Å². The molecule has 8 heteroatoms. The van der Waals surface area contributed by atoms with Crippen molar-refractivity contribution >= 4 is 10.0 Å². The third kappa shape index (κ3) is 3.66. The van der Waals surface area contributed by atoms with Crippen LogP contribution in [0.2, 0.25) is 0 Å². The first-order valence-electron chi connectivity index (χ1n) is 6.61. The number of hydrogen-bond donors (Lipinski definition) is 1. The van der Waals surface area contributed by atoms with Gasteiger partial charge in [-0.3, -0.25) is 9.67 Å². The van der Waals surface area contributed by atoms with E-state index in [4.69, 9.17) is 5.11 Å². The highest BCUT2D eigenvalue weighted by atomic mass is 32.2. The fourth-order valence-corrected chi connectivity index (χ4v) is 3.27. The van der Waals surface area contributed by atoms with E-state index in [2.05, 4.69) is 10.1 Å². The summed E-state index contributed by atoms with van der Waals surface area (Å²) in [4.78, 5) is 4.27. The maximum absolute atomic E-state index is 12.6. The molecule has 0 aliphatic heterocycles. The highest BCUT2D eigenvalue weighted by molar-refractivity contribution is 7.89. The van der Waals surface area contributed by atoms with Gasteiger partial charge in [0.05, 0.1) is 31.6 Å². The minimum absolute atomic E-state index is 0.0907. The number of pyridine rings is 1. The Morgan fingerprint density at radius 2 is 2.19 bits per heavy atom. The quantitative estimate of drug-likeness (QED) is 0.803. The lowest BCUT2D eigenvalue weighted by molar-refractivity contribution is 0.269. The highest BCUT2D eigenvalue weighted by Crippen LogP contribution is 2.16. The molecule has 0 radical (unpaired) electrons. The molecular weight excluding hydrogens is 292 g/mol. The molecule has 0 aliphatic rings. The Hall–Kier alpha value is -1.77. The van der Waals surface area contributed by atoms with Crippen LogP contribution in [0.25, 0.3) is 0 Å². The fraction of sp³-hybridized carbons (Fsp3) is 0.385. The third-order valence-corrected chi connectivity index (χ3v) is 4.87. The molecule has 7 nitrogen and oxygen atoms in total. The molecule has 1 N–H and O–H groups in total. The van der Waals surface area contributed by atoms with Crippen LogP contribution in [0.5, 0.6) is 0 Å². The monoisotopic (exact) mass is 310 g/mol. The van der Waals surface area contributed by atoms with Crippen molar-refractivity contribution in [2.75, 3.05) is 13.2 Å². The summed E-state index contributed by atoms with van der Waals surface area (Å²) in [5, 5.41) is 12.8. The van der Waals surface area contributed by atoms with E-state index in [9.17, 15) is 8.42 Å². The summed E-state index contributed by atoms with van der Waals surface area (Å²) in [5.41, 5.74) is 0.686. The van der Waals surface area contributed by atoms with Crippen molar-refractivity contribution in [1.29, 1.82) is 0 Å². The van der Waals surface area contributed by atoms with Gasteiger partial charge in [0.1, 0.15) is 4.90 Å². The Bertz CT molecular complexity index is 670. The summed E-state index contributed by atoms with van der Waals surface area (Å²) >= 11 is 0. The maximum Gasteiger partial charge on any atom is 0.246 e. The molecule has 2 rings (SSSR count).